The number of aryl methyl sites for hydroxylation is 1. The van der Waals surface area contributed by atoms with Crippen molar-refractivity contribution >= 4 is 11.2 Å². The van der Waals surface area contributed by atoms with Crippen LogP contribution in [-0.2, 0) is 13.1 Å². The van der Waals surface area contributed by atoms with Crippen molar-refractivity contribution < 1.29 is 4.39 Å². The average molecular weight is 440 g/mol. The SMILES string of the molecule is Cc1cccc(-n2c(=O)n(Cc3ccccc3)c(=O)c3c2ncn3Cc2ccc(F)cc2)c1. The zero-order valence-corrected chi connectivity index (χ0v) is 18.0. The van der Waals surface area contributed by atoms with Crippen molar-refractivity contribution in [2.24, 2.45) is 0 Å². The van der Waals surface area contributed by atoms with E-state index in [0.29, 0.717) is 23.4 Å². The van der Waals surface area contributed by atoms with Crippen LogP contribution in [-0.4, -0.2) is 18.7 Å². The van der Waals surface area contributed by atoms with Crippen molar-refractivity contribution in [3.05, 3.63) is 129 Å². The summed E-state index contributed by atoms with van der Waals surface area (Å²) >= 11 is 0. The Kier molecular flexibility index (Phi) is 5.22. The van der Waals surface area contributed by atoms with E-state index in [4.69, 9.17) is 0 Å². The maximum atomic E-state index is 13.6. The highest BCUT2D eigenvalue weighted by molar-refractivity contribution is 5.72. The first-order valence-electron chi connectivity index (χ1n) is 10.6. The van der Waals surface area contributed by atoms with Crippen molar-refractivity contribution in [1.82, 2.24) is 18.7 Å². The zero-order valence-electron chi connectivity index (χ0n) is 18.0. The molecule has 7 heteroatoms. The molecule has 0 amide bonds. The molecule has 5 aromatic rings. The highest BCUT2D eigenvalue weighted by atomic mass is 19.1. The molecule has 0 radical (unpaired) electrons. The van der Waals surface area contributed by atoms with Crippen LogP contribution >= 0.6 is 0 Å². The smallest absolute Gasteiger partial charge is 0.320 e. The molecule has 0 aliphatic rings. The third kappa shape index (κ3) is 3.89. The molecule has 0 N–H and O–H groups in total. The van der Waals surface area contributed by atoms with Crippen LogP contribution in [0, 0.1) is 12.7 Å². The van der Waals surface area contributed by atoms with E-state index in [0.717, 1.165) is 16.7 Å². The molecule has 0 bridgehead atoms. The van der Waals surface area contributed by atoms with Gasteiger partial charge in [0.05, 0.1) is 18.6 Å². The van der Waals surface area contributed by atoms with E-state index < -0.39 is 11.2 Å². The van der Waals surface area contributed by atoms with Gasteiger partial charge in [-0.25, -0.2) is 18.7 Å². The number of aromatic nitrogens is 4. The van der Waals surface area contributed by atoms with Gasteiger partial charge < -0.3 is 4.57 Å². The van der Waals surface area contributed by atoms with Gasteiger partial charge in [0.1, 0.15) is 5.82 Å². The van der Waals surface area contributed by atoms with Gasteiger partial charge in [0, 0.05) is 6.54 Å². The highest BCUT2D eigenvalue weighted by Crippen LogP contribution is 2.16. The normalized spacial score (nSPS) is 11.2. The number of halogens is 1. The molecule has 6 nitrogen and oxygen atoms in total. The minimum Gasteiger partial charge on any atom is -0.320 e. The van der Waals surface area contributed by atoms with Crippen LogP contribution in [0.2, 0.25) is 0 Å². The fourth-order valence-corrected chi connectivity index (χ4v) is 3.99. The van der Waals surface area contributed by atoms with Gasteiger partial charge in [-0.3, -0.25) is 9.36 Å². The van der Waals surface area contributed by atoms with E-state index in [9.17, 15) is 14.0 Å². The third-order valence-corrected chi connectivity index (χ3v) is 5.61. The molecule has 0 atom stereocenters. The maximum Gasteiger partial charge on any atom is 0.337 e. The van der Waals surface area contributed by atoms with E-state index in [1.54, 1.807) is 23.0 Å². The van der Waals surface area contributed by atoms with Gasteiger partial charge in [-0.15, -0.1) is 0 Å². The number of benzene rings is 3. The van der Waals surface area contributed by atoms with Crippen molar-refractivity contribution in [2.75, 3.05) is 0 Å². The molecule has 5 rings (SSSR count). The van der Waals surface area contributed by atoms with E-state index in [1.165, 1.54) is 21.3 Å². The summed E-state index contributed by atoms with van der Waals surface area (Å²) in [6.07, 6.45) is 1.55. The quantitative estimate of drug-likeness (QED) is 0.417. The van der Waals surface area contributed by atoms with Crippen LogP contribution in [0.4, 0.5) is 4.39 Å². The average Bonchev–Trinajstić information content (AvgIpc) is 3.22. The van der Waals surface area contributed by atoms with E-state index in [-0.39, 0.29) is 12.4 Å². The molecule has 2 heterocycles. The molecule has 33 heavy (non-hydrogen) atoms. The maximum absolute atomic E-state index is 13.6. The monoisotopic (exact) mass is 440 g/mol. The lowest BCUT2D eigenvalue weighted by molar-refractivity contribution is 0.626. The Hall–Kier alpha value is -4.26. The van der Waals surface area contributed by atoms with Gasteiger partial charge in [-0.05, 0) is 47.9 Å². The number of fused-ring (bicyclic) bond motifs is 1. The van der Waals surface area contributed by atoms with Crippen molar-refractivity contribution in [3.8, 4) is 5.69 Å². The summed E-state index contributed by atoms with van der Waals surface area (Å²) in [6, 6.07) is 23.0. The van der Waals surface area contributed by atoms with E-state index >= 15 is 0 Å². The Labute approximate surface area is 188 Å². The van der Waals surface area contributed by atoms with E-state index in [2.05, 4.69) is 4.98 Å². The number of hydrogen-bond acceptors (Lipinski definition) is 3. The molecular weight excluding hydrogens is 419 g/mol. The molecule has 0 saturated carbocycles. The molecule has 2 aromatic heterocycles. The van der Waals surface area contributed by atoms with Crippen LogP contribution in [0.25, 0.3) is 16.9 Å². The molecule has 0 unspecified atom stereocenters. The van der Waals surface area contributed by atoms with Crippen molar-refractivity contribution in [3.63, 3.8) is 0 Å². The largest absolute Gasteiger partial charge is 0.337 e. The van der Waals surface area contributed by atoms with E-state index in [1.807, 2.05) is 61.5 Å². The third-order valence-electron chi connectivity index (χ3n) is 5.61. The number of nitrogens with zero attached hydrogens (tertiary/aromatic N) is 4. The van der Waals surface area contributed by atoms with Gasteiger partial charge >= 0.3 is 5.69 Å². The Morgan fingerprint density at radius 1 is 0.848 bits per heavy atom. The lowest BCUT2D eigenvalue weighted by Gasteiger charge is -2.13. The molecule has 0 aliphatic heterocycles. The minimum absolute atomic E-state index is 0.141. The van der Waals surface area contributed by atoms with Crippen molar-refractivity contribution in [2.45, 2.75) is 20.0 Å². The van der Waals surface area contributed by atoms with Crippen LogP contribution in [0.15, 0.2) is 94.8 Å². The first kappa shape index (κ1) is 20.6. The fourth-order valence-electron chi connectivity index (χ4n) is 3.99. The topological polar surface area (TPSA) is 61.8 Å². The zero-order chi connectivity index (χ0) is 22.9. The summed E-state index contributed by atoms with van der Waals surface area (Å²) in [7, 11) is 0. The highest BCUT2D eigenvalue weighted by Gasteiger charge is 2.19. The lowest BCUT2D eigenvalue weighted by atomic mass is 10.2. The Morgan fingerprint density at radius 3 is 2.30 bits per heavy atom. The fraction of sp³-hybridized carbons (Fsp3) is 0.115. The Bertz CT molecular complexity index is 1560. The summed E-state index contributed by atoms with van der Waals surface area (Å²) in [4.78, 5) is 31.6. The molecular formula is C26H21FN4O2. The Balaban J connectivity index is 1.76. The Morgan fingerprint density at radius 2 is 1.58 bits per heavy atom. The minimum atomic E-state index is -0.450. The number of hydrogen-bond donors (Lipinski definition) is 0. The second kappa shape index (κ2) is 8.35. The van der Waals surface area contributed by atoms with Gasteiger partial charge in [0.25, 0.3) is 5.56 Å². The first-order valence-corrected chi connectivity index (χ1v) is 10.6. The summed E-state index contributed by atoms with van der Waals surface area (Å²) in [6.45, 7) is 2.41. The van der Waals surface area contributed by atoms with Crippen LogP contribution in [0.5, 0.6) is 0 Å². The lowest BCUT2D eigenvalue weighted by Crippen LogP contribution is -2.40. The molecule has 164 valence electrons. The predicted octanol–water partition coefficient (Wildman–Crippen LogP) is 3.89. The standard InChI is InChI=1S/C26H21FN4O2/c1-18-6-5-9-22(14-18)31-24-23(29(17-28-24)15-20-10-12-21(27)13-11-20)25(32)30(26(31)33)16-19-7-3-2-4-8-19/h2-14,17H,15-16H2,1H3. The molecule has 0 fully saturated rings. The summed E-state index contributed by atoms with van der Waals surface area (Å²) in [5.74, 6) is -0.326. The predicted molar refractivity (Wildman–Crippen MR) is 125 cm³/mol. The van der Waals surface area contributed by atoms with Crippen LogP contribution < -0.4 is 11.2 Å². The van der Waals surface area contributed by atoms with Crippen LogP contribution in [0.1, 0.15) is 16.7 Å². The molecule has 0 saturated heterocycles. The van der Waals surface area contributed by atoms with Gasteiger partial charge in [-0.2, -0.15) is 0 Å². The first-order chi connectivity index (χ1) is 16.0. The summed E-state index contributed by atoms with van der Waals surface area (Å²) < 4.78 is 17.8. The number of rotatable bonds is 5. The molecule has 0 aliphatic carbocycles. The second-order valence-electron chi connectivity index (χ2n) is 8.01. The summed E-state index contributed by atoms with van der Waals surface area (Å²) in [5, 5.41) is 0. The molecule has 3 aromatic carbocycles. The van der Waals surface area contributed by atoms with Crippen LogP contribution in [0.3, 0.4) is 0 Å². The van der Waals surface area contributed by atoms with Crippen molar-refractivity contribution in [1.29, 1.82) is 0 Å². The number of imidazole rings is 1. The summed E-state index contributed by atoms with van der Waals surface area (Å²) in [5.41, 5.74) is 3.03. The second-order valence-corrected chi connectivity index (χ2v) is 8.01. The molecule has 0 spiro atoms. The van der Waals surface area contributed by atoms with Gasteiger partial charge in [-0.1, -0.05) is 54.6 Å². The van der Waals surface area contributed by atoms with Gasteiger partial charge in [0.15, 0.2) is 11.2 Å². The van der Waals surface area contributed by atoms with Gasteiger partial charge in [0.2, 0.25) is 0 Å².